The lowest BCUT2D eigenvalue weighted by Crippen LogP contribution is -2.57. The zero-order valence-electron chi connectivity index (χ0n) is 9.18. The Hall–Kier alpha value is -1.69. The second-order valence-electron chi connectivity index (χ2n) is 3.81. The molecule has 1 aromatic rings. The van der Waals surface area contributed by atoms with Crippen LogP contribution in [0.4, 0.5) is 5.95 Å². The predicted molar refractivity (Wildman–Crippen MR) is 60.0 cm³/mol. The zero-order valence-corrected chi connectivity index (χ0v) is 9.18. The van der Waals surface area contributed by atoms with Crippen LogP contribution in [0.3, 0.4) is 0 Å². The number of hydrogen-bond donors (Lipinski definition) is 2. The average molecular weight is 221 g/mol. The number of piperazine rings is 1. The quantitative estimate of drug-likeness (QED) is 0.672. The number of nitrogens with zero attached hydrogens (tertiary/aromatic N) is 3. The van der Waals surface area contributed by atoms with Crippen LogP contribution in [0.15, 0.2) is 12.3 Å². The molecular formula is C10H15N5O. The standard InChI is InChI=1S/C10H15N5O/c1-7-2-3-13-10(14-7)15-5-4-12-6-8(15)9(11)16/h2-3,8,12H,4-6H2,1H3,(H2,11,16). The van der Waals surface area contributed by atoms with Gasteiger partial charge in [0.2, 0.25) is 11.9 Å². The van der Waals surface area contributed by atoms with Crippen LogP contribution in [-0.4, -0.2) is 41.6 Å². The number of nitrogens with one attached hydrogen (secondary N) is 1. The van der Waals surface area contributed by atoms with Crippen LogP contribution >= 0.6 is 0 Å². The van der Waals surface area contributed by atoms with Crippen LogP contribution < -0.4 is 16.0 Å². The van der Waals surface area contributed by atoms with Crippen molar-refractivity contribution in [2.75, 3.05) is 24.5 Å². The molecule has 2 heterocycles. The van der Waals surface area contributed by atoms with Gasteiger partial charge in [0, 0.05) is 31.5 Å². The Morgan fingerprint density at radius 2 is 2.50 bits per heavy atom. The summed E-state index contributed by atoms with van der Waals surface area (Å²) in [6, 6.07) is 1.46. The molecule has 3 N–H and O–H groups in total. The number of carbonyl (C=O) groups excluding carboxylic acids is 1. The largest absolute Gasteiger partial charge is 0.368 e. The molecule has 1 saturated heterocycles. The third-order valence-electron chi connectivity index (χ3n) is 2.61. The summed E-state index contributed by atoms with van der Waals surface area (Å²) in [4.78, 5) is 21.6. The second-order valence-corrected chi connectivity index (χ2v) is 3.81. The van der Waals surface area contributed by atoms with E-state index in [0.29, 0.717) is 19.0 Å². The van der Waals surface area contributed by atoms with E-state index in [2.05, 4.69) is 15.3 Å². The summed E-state index contributed by atoms with van der Waals surface area (Å²) < 4.78 is 0. The smallest absolute Gasteiger partial charge is 0.241 e. The highest BCUT2D eigenvalue weighted by Crippen LogP contribution is 2.12. The molecule has 0 aromatic carbocycles. The van der Waals surface area contributed by atoms with E-state index in [1.54, 1.807) is 6.20 Å². The van der Waals surface area contributed by atoms with Gasteiger partial charge in [0.05, 0.1) is 0 Å². The first-order chi connectivity index (χ1) is 7.68. The summed E-state index contributed by atoms with van der Waals surface area (Å²) in [5, 5.41) is 3.13. The number of carbonyl (C=O) groups is 1. The molecule has 6 heteroatoms. The van der Waals surface area contributed by atoms with E-state index in [1.807, 2.05) is 17.9 Å². The molecule has 0 spiro atoms. The Morgan fingerprint density at radius 3 is 3.19 bits per heavy atom. The summed E-state index contributed by atoms with van der Waals surface area (Å²) in [7, 11) is 0. The molecule has 0 bridgehead atoms. The van der Waals surface area contributed by atoms with Crippen molar-refractivity contribution in [2.45, 2.75) is 13.0 Å². The van der Waals surface area contributed by atoms with Gasteiger partial charge in [-0.2, -0.15) is 0 Å². The maximum Gasteiger partial charge on any atom is 0.241 e. The summed E-state index contributed by atoms with van der Waals surface area (Å²) in [5.74, 6) is 0.225. The monoisotopic (exact) mass is 221 g/mol. The van der Waals surface area contributed by atoms with Crippen molar-refractivity contribution in [2.24, 2.45) is 5.73 Å². The third kappa shape index (κ3) is 2.11. The fourth-order valence-electron chi connectivity index (χ4n) is 1.77. The third-order valence-corrected chi connectivity index (χ3v) is 2.61. The summed E-state index contributed by atoms with van der Waals surface area (Å²) in [5.41, 5.74) is 6.24. The Balaban J connectivity index is 2.26. The minimum Gasteiger partial charge on any atom is -0.368 e. The van der Waals surface area contributed by atoms with Gasteiger partial charge < -0.3 is 16.0 Å². The lowest BCUT2D eigenvalue weighted by atomic mass is 10.2. The first-order valence-electron chi connectivity index (χ1n) is 5.25. The predicted octanol–water partition coefficient (Wildman–Crippen LogP) is -0.951. The van der Waals surface area contributed by atoms with Crippen LogP contribution in [0.1, 0.15) is 5.69 Å². The van der Waals surface area contributed by atoms with Gasteiger partial charge in [-0.25, -0.2) is 9.97 Å². The molecule has 16 heavy (non-hydrogen) atoms. The topological polar surface area (TPSA) is 84.1 Å². The van der Waals surface area contributed by atoms with Crippen molar-refractivity contribution in [3.63, 3.8) is 0 Å². The van der Waals surface area contributed by atoms with Gasteiger partial charge in [-0.15, -0.1) is 0 Å². The molecular weight excluding hydrogens is 206 g/mol. The Labute approximate surface area is 93.9 Å². The van der Waals surface area contributed by atoms with Gasteiger partial charge in [-0.3, -0.25) is 4.79 Å². The number of aromatic nitrogens is 2. The normalized spacial score (nSPS) is 20.8. The van der Waals surface area contributed by atoms with Crippen LogP contribution in [0, 0.1) is 6.92 Å². The molecule has 1 amide bonds. The van der Waals surface area contributed by atoms with Crippen LogP contribution in [0.25, 0.3) is 0 Å². The van der Waals surface area contributed by atoms with E-state index in [0.717, 1.165) is 12.2 Å². The van der Waals surface area contributed by atoms with Crippen molar-refractivity contribution in [3.05, 3.63) is 18.0 Å². The van der Waals surface area contributed by atoms with Gasteiger partial charge in [0.15, 0.2) is 0 Å². The molecule has 0 saturated carbocycles. The maximum absolute atomic E-state index is 11.3. The molecule has 0 radical (unpaired) electrons. The van der Waals surface area contributed by atoms with Crippen molar-refractivity contribution >= 4 is 11.9 Å². The number of aryl methyl sites for hydroxylation is 1. The first kappa shape index (κ1) is 10.8. The molecule has 1 fully saturated rings. The van der Waals surface area contributed by atoms with Crippen molar-refractivity contribution in [3.8, 4) is 0 Å². The van der Waals surface area contributed by atoms with Crippen molar-refractivity contribution in [1.82, 2.24) is 15.3 Å². The molecule has 1 aliphatic rings. The molecule has 1 unspecified atom stereocenters. The summed E-state index contributed by atoms with van der Waals surface area (Å²) >= 11 is 0. The van der Waals surface area contributed by atoms with Gasteiger partial charge in [0.1, 0.15) is 6.04 Å². The van der Waals surface area contributed by atoms with E-state index >= 15 is 0 Å². The SMILES string of the molecule is Cc1ccnc(N2CCNCC2C(N)=O)n1. The Kier molecular flexibility index (Phi) is 3.00. The minimum absolute atomic E-state index is 0.350. The molecule has 1 atom stereocenters. The number of amides is 1. The van der Waals surface area contributed by atoms with Gasteiger partial charge in [0.25, 0.3) is 0 Å². The van der Waals surface area contributed by atoms with Crippen LogP contribution in [-0.2, 0) is 4.79 Å². The highest BCUT2D eigenvalue weighted by molar-refractivity contribution is 5.83. The fraction of sp³-hybridized carbons (Fsp3) is 0.500. The van der Waals surface area contributed by atoms with Crippen molar-refractivity contribution in [1.29, 1.82) is 0 Å². The molecule has 0 aliphatic carbocycles. The second kappa shape index (κ2) is 4.44. The lowest BCUT2D eigenvalue weighted by molar-refractivity contribution is -0.119. The Bertz CT molecular complexity index is 395. The summed E-state index contributed by atoms with van der Waals surface area (Å²) in [6.45, 7) is 3.94. The minimum atomic E-state index is -0.365. The van der Waals surface area contributed by atoms with Crippen molar-refractivity contribution < 1.29 is 4.79 Å². The molecule has 86 valence electrons. The molecule has 1 aromatic heterocycles. The molecule has 2 rings (SSSR count). The fourth-order valence-corrected chi connectivity index (χ4v) is 1.77. The van der Waals surface area contributed by atoms with E-state index in [1.165, 1.54) is 0 Å². The summed E-state index contributed by atoms with van der Waals surface area (Å²) in [6.07, 6.45) is 1.69. The lowest BCUT2D eigenvalue weighted by Gasteiger charge is -2.34. The highest BCUT2D eigenvalue weighted by Gasteiger charge is 2.28. The zero-order chi connectivity index (χ0) is 11.5. The maximum atomic E-state index is 11.3. The number of hydrogen-bond acceptors (Lipinski definition) is 5. The van der Waals surface area contributed by atoms with E-state index in [-0.39, 0.29) is 11.9 Å². The average Bonchev–Trinajstić information content (AvgIpc) is 2.29. The van der Waals surface area contributed by atoms with Crippen LogP contribution in [0.5, 0.6) is 0 Å². The van der Waals surface area contributed by atoms with Gasteiger partial charge in [-0.1, -0.05) is 0 Å². The highest BCUT2D eigenvalue weighted by atomic mass is 16.1. The van der Waals surface area contributed by atoms with Gasteiger partial charge >= 0.3 is 0 Å². The van der Waals surface area contributed by atoms with Crippen LogP contribution in [0.2, 0.25) is 0 Å². The van der Waals surface area contributed by atoms with Gasteiger partial charge in [-0.05, 0) is 13.0 Å². The van der Waals surface area contributed by atoms with E-state index < -0.39 is 0 Å². The number of rotatable bonds is 2. The number of primary amides is 1. The number of nitrogens with two attached hydrogens (primary N) is 1. The first-order valence-corrected chi connectivity index (χ1v) is 5.25. The molecule has 1 aliphatic heterocycles. The van der Waals surface area contributed by atoms with E-state index in [4.69, 9.17) is 5.73 Å². The number of anilines is 1. The molecule has 6 nitrogen and oxygen atoms in total. The Morgan fingerprint density at radius 1 is 1.69 bits per heavy atom. The van der Waals surface area contributed by atoms with E-state index in [9.17, 15) is 4.79 Å².